The van der Waals surface area contributed by atoms with Gasteiger partial charge in [-0.2, -0.15) is 0 Å². The number of nitrogens with two attached hydrogens (primary N) is 2. The first kappa shape index (κ1) is 15.7. The number of hydrogen-bond acceptors (Lipinski definition) is 4. The third-order valence-corrected chi connectivity index (χ3v) is 5.30. The van der Waals surface area contributed by atoms with Gasteiger partial charge in [-0.25, -0.2) is 0 Å². The summed E-state index contributed by atoms with van der Waals surface area (Å²) in [5, 5.41) is 3.42. The highest BCUT2D eigenvalue weighted by atomic mass is 32.1. The standard InChI is InChI=1S/C17H19N3O2S/c18-9-10-5-7-11(8-6-10)16(22)20-17-14(15(19)21)12-3-1-2-4-13(12)23-17/h5-8H,1-4,9,18H2,(H2,19,21)(H,20,22). The van der Waals surface area contributed by atoms with Crippen LogP contribution in [0.2, 0.25) is 0 Å². The zero-order valence-electron chi connectivity index (χ0n) is 12.7. The van der Waals surface area contributed by atoms with Crippen molar-refractivity contribution >= 4 is 28.2 Å². The maximum atomic E-state index is 12.4. The van der Waals surface area contributed by atoms with Gasteiger partial charge in [-0.3, -0.25) is 9.59 Å². The Morgan fingerprint density at radius 2 is 1.83 bits per heavy atom. The molecule has 1 aliphatic rings. The van der Waals surface area contributed by atoms with E-state index >= 15 is 0 Å². The van der Waals surface area contributed by atoms with Crippen LogP contribution in [0.5, 0.6) is 0 Å². The maximum absolute atomic E-state index is 12.4. The van der Waals surface area contributed by atoms with Crippen LogP contribution < -0.4 is 16.8 Å². The van der Waals surface area contributed by atoms with Crippen LogP contribution in [0.15, 0.2) is 24.3 Å². The van der Waals surface area contributed by atoms with E-state index in [1.54, 1.807) is 12.1 Å². The number of aryl methyl sites for hydroxylation is 1. The fourth-order valence-electron chi connectivity index (χ4n) is 2.88. The van der Waals surface area contributed by atoms with Crippen molar-refractivity contribution in [3.05, 3.63) is 51.4 Å². The Labute approximate surface area is 138 Å². The Balaban J connectivity index is 1.88. The Bertz CT molecular complexity index is 750. The Morgan fingerprint density at radius 3 is 2.48 bits per heavy atom. The van der Waals surface area contributed by atoms with Gasteiger partial charge in [0, 0.05) is 17.0 Å². The van der Waals surface area contributed by atoms with E-state index < -0.39 is 5.91 Å². The Hall–Kier alpha value is -2.18. The van der Waals surface area contributed by atoms with Gasteiger partial charge in [-0.05, 0) is 48.9 Å². The lowest BCUT2D eigenvalue weighted by atomic mass is 9.95. The van der Waals surface area contributed by atoms with Crippen molar-refractivity contribution in [3.8, 4) is 0 Å². The second kappa shape index (κ2) is 6.52. The van der Waals surface area contributed by atoms with E-state index in [0.29, 0.717) is 22.7 Å². The number of fused-ring (bicyclic) bond motifs is 1. The summed E-state index contributed by atoms with van der Waals surface area (Å²) in [5.74, 6) is -0.715. The van der Waals surface area contributed by atoms with Crippen molar-refractivity contribution in [2.75, 3.05) is 5.32 Å². The zero-order valence-corrected chi connectivity index (χ0v) is 13.5. The van der Waals surface area contributed by atoms with Crippen LogP contribution in [0.3, 0.4) is 0 Å². The summed E-state index contributed by atoms with van der Waals surface area (Å²) >= 11 is 1.47. The molecule has 5 N–H and O–H groups in total. The minimum absolute atomic E-state index is 0.241. The number of hydrogen-bond donors (Lipinski definition) is 3. The fourth-order valence-corrected chi connectivity index (χ4v) is 4.17. The number of primary amides is 1. The molecule has 1 aromatic heterocycles. The normalized spacial score (nSPS) is 13.4. The van der Waals surface area contributed by atoms with Gasteiger partial charge in [-0.1, -0.05) is 12.1 Å². The fraction of sp³-hybridized carbons (Fsp3) is 0.294. The molecule has 0 spiro atoms. The van der Waals surface area contributed by atoms with Crippen LogP contribution in [0.25, 0.3) is 0 Å². The van der Waals surface area contributed by atoms with Gasteiger partial charge in [0.25, 0.3) is 11.8 Å². The molecule has 0 saturated heterocycles. The van der Waals surface area contributed by atoms with Crippen LogP contribution in [0, 0.1) is 0 Å². The van der Waals surface area contributed by atoms with Crippen LogP contribution in [0.4, 0.5) is 5.00 Å². The number of benzene rings is 1. The third-order valence-electron chi connectivity index (χ3n) is 4.10. The topological polar surface area (TPSA) is 98.2 Å². The highest BCUT2D eigenvalue weighted by Crippen LogP contribution is 2.38. The molecule has 1 aliphatic carbocycles. The summed E-state index contributed by atoms with van der Waals surface area (Å²) in [6, 6.07) is 7.11. The van der Waals surface area contributed by atoms with E-state index in [-0.39, 0.29) is 5.91 Å². The minimum atomic E-state index is -0.474. The van der Waals surface area contributed by atoms with Gasteiger partial charge in [0.05, 0.1) is 5.56 Å². The van der Waals surface area contributed by atoms with Gasteiger partial charge in [0.2, 0.25) is 0 Å². The second-order valence-corrected chi connectivity index (χ2v) is 6.74. The van der Waals surface area contributed by atoms with Crippen molar-refractivity contribution in [1.29, 1.82) is 0 Å². The number of rotatable bonds is 4. The number of amides is 2. The van der Waals surface area contributed by atoms with E-state index in [9.17, 15) is 9.59 Å². The number of anilines is 1. The highest BCUT2D eigenvalue weighted by molar-refractivity contribution is 7.17. The van der Waals surface area contributed by atoms with Crippen molar-refractivity contribution in [2.45, 2.75) is 32.2 Å². The summed E-state index contributed by atoms with van der Waals surface area (Å²) in [7, 11) is 0. The molecule has 0 aliphatic heterocycles. The summed E-state index contributed by atoms with van der Waals surface area (Å²) in [6.07, 6.45) is 3.96. The van der Waals surface area contributed by atoms with E-state index in [1.807, 2.05) is 12.1 Å². The van der Waals surface area contributed by atoms with Gasteiger partial charge < -0.3 is 16.8 Å². The monoisotopic (exact) mass is 329 g/mol. The SMILES string of the molecule is NCc1ccc(C(=O)Nc2sc3c(c2C(N)=O)CCCC3)cc1. The second-order valence-electron chi connectivity index (χ2n) is 5.63. The van der Waals surface area contributed by atoms with Crippen molar-refractivity contribution < 1.29 is 9.59 Å². The van der Waals surface area contributed by atoms with Crippen LogP contribution in [-0.2, 0) is 19.4 Å². The molecule has 5 nitrogen and oxygen atoms in total. The van der Waals surface area contributed by atoms with E-state index in [0.717, 1.165) is 36.8 Å². The van der Waals surface area contributed by atoms with E-state index in [1.165, 1.54) is 16.2 Å². The molecule has 0 atom stereocenters. The number of thiophene rings is 1. The molecule has 2 amide bonds. The molecule has 23 heavy (non-hydrogen) atoms. The number of carbonyl (C=O) groups excluding carboxylic acids is 2. The molecular formula is C17H19N3O2S. The van der Waals surface area contributed by atoms with Gasteiger partial charge in [0.1, 0.15) is 5.00 Å². The van der Waals surface area contributed by atoms with Crippen LogP contribution in [0.1, 0.15) is 49.6 Å². The molecule has 1 heterocycles. The number of nitrogens with one attached hydrogen (secondary N) is 1. The number of carbonyl (C=O) groups is 2. The maximum Gasteiger partial charge on any atom is 0.256 e. The molecule has 0 radical (unpaired) electrons. The first-order valence-electron chi connectivity index (χ1n) is 7.65. The molecule has 6 heteroatoms. The lowest BCUT2D eigenvalue weighted by molar-refractivity contribution is 0.100. The van der Waals surface area contributed by atoms with Crippen LogP contribution in [-0.4, -0.2) is 11.8 Å². The van der Waals surface area contributed by atoms with Gasteiger partial charge in [0.15, 0.2) is 0 Å². The predicted molar refractivity (Wildman–Crippen MR) is 91.8 cm³/mol. The minimum Gasteiger partial charge on any atom is -0.365 e. The molecular weight excluding hydrogens is 310 g/mol. The summed E-state index contributed by atoms with van der Waals surface area (Å²) in [4.78, 5) is 25.4. The van der Waals surface area contributed by atoms with E-state index in [2.05, 4.69) is 5.32 Å². The van der Waals surface area contributed by atoms with Crippen molar-refractivity contribution in [1.82, 2.24) is 0 Å². The molecule has 0 unspecified atom stereocenters. The average Bonchev–Trinajstić information content (AvgIpc) is 2.92. The first-order chi connectivity index (χ1) is 11.1. The van der Waals surface area contributed by atoms with Crippen molar-refractivity contribution in [2.24, 2.45) is 11.5 Å². The lowest BCUT2D eigenvalue weighted by Crippen LogP contribution is -2.18. The quantitative estimate of drug-likeness (QED) is 0.803. The third kappa shape index (κ3) is 3.13. The summed E-state index contributed by atoms with van der Waals surface area (Å²) in [6.45, 7) is 0.436. The first-order valence-corrected chi connectivity index (χ1v) is 8.46. The lowest BCUT2D eigenvalue weighted by Gasteiger charge is -2.11. The van der Waals surface area contributed by atoms with Gasteiger partial charge in [-0.15, -0.1) is 11.3 Å². The Morgan fingerprint density at radius 1 is 1.13 bits per heavy atom. The highest BCUT2D eigenvalue weighted by Gasteiger charge is 2.25. The molecule has 0 bridgehead atoms. The van der Waals surface area contributed by atoms with Gasteiger partial charge >= 0.3 is 0 Å². The molecule has 2 aromatic rings. The molecule has 3 rings (SSSR count). The molecule has 1 aromatic carbocycles. The zero-order chi connectivity index (χ0) is 16.4. The summed E-state index contributed by atoms with van der Waals surface area (Å²) in [5.41, 5.74) is 14.1. The average molecular weight is 329 g/mol. The summed E-state index contributed by atoms with van der Waals surface area (Å²) < 4.78 is 0. The van der Waals surface area contributed by atoms with Crippen LogP contribution >= 0.6 is 11.3 Å². The predicted octanol–water partition coefficient (Wildman–Crippen LogP) is 2.44. The largest absolute Gasteiger partial charge is 0.365 e. The molecule has 0 fully saturated rings. The molecule has 0 saturated carbocycles. The molecule has 120 valence electrons. The van der Waals surface area contributed by atoms with Crippen molar-refractivity contribution in [3.63, 3.8) is 0 Å². The Kier molecular flexibility index (Phi) is 4.45. The van der Waals surface area contributed by atoms with E-state index in [4.69, 9.17) is 11.5 Å². The smallest absolute Gasteiger partial charge is 0.256 e.